The molecule has 1 heterocycles. The summed E-state index contributed by atoms with van der Waals surface area (Å²) in [5.41, 5.74) is 0. The molecule has 0 aliphatic carbocycles. The Morgan fingerprint density at radius 3 is 2.32 bits per heavy atom. The van der Waals surface area contributed by atoms with Crippen molar-refractivity contribution in [2.24, 2.45) is 23.7 Å². The van der Waals surface area contributed by atoms with Gasteiger partial charge in [-0.15, -0.1) is 0 Å². The number of rotatable bonds is 6. The maximum Gasteiger partial charge on any atom is 0.306 e. The SMILES string of the molecule is CC(C)C1C[C@@H]([C@@H](O)C[C@H](C(=O)O)C(C)C)NC1=O. The van der Waals surface area contributed by atoms with Crippen LogP contribution in [-0.2, 0) is 9.59 Å². The first-order valence-corrected chi connectivity index (χ1v) is 6.95. The highest BCUT2D eigenvalue weighted by Crippen LogP contribution is 2.28. The molecule has 1 amide bonds. The standard InChI is InChI=1S/C14H25NO4/c1-7(2)9-5-11(15-13(9)17)12(16)6-10(8(3)4)14(18)19/h7-12,16H,5-6H2,1-4H3,(H,15,17)(H,18,19)/t9?,10-,11-,12-/m0/s1. The van der Waals surface area contributed by atoms with Crippen LogP contribution >= 0.6 is 0 Å². The molecule has 1 rings (SSSR count). The van der Waals surface area contributed by atoms with Gasteiger partial charge in [0.2, 0.25) is 5.91 Å². The fourth-order valence-corrected chi connectivity index (χ4v) is 2.64. The molecule has 19 heavy (non-hydrogen) atoms. The Morgan fingerprint density at radius 1 is 1.37 bits per heavy atom. The van der Waals surface area contributed by atoms with E-state index in [1.165, 1.54) is 0 Å². The van der Waals surface area contributed by atoms with Crippen molar-refractivity contribution in [1.82, 2.24) is 5.32 Å². The third-order valence-corrected chi connectivity index (χ3v) is 4.06. The highest BCUT2D eigenvalue weighted by molar-refractivity contribution is 5.81. The van der Waals surface area contributed by atoms with Crippen LogP contribution in [0, 0.1) is 23.7 Å². The molecule has 1 unspecified atom stereocenters. The molecule has 0 aromatic heterocycles. The molecule has 1 fully saturated rings. The quantitative estimate of drug-likeness (QED) is 0.678. The topological polar surface area (TPSA) is 86.6 Å². The molecule has 5 heteroatoms. The van der Waals surface area contributed by atoms with Crippen LogP contribution in [0.3, 0.4) is 0 Å². The van der Waals surface area contributed by atoms with E-state index in [1.54, 1.807) is 0 Å². The third kappa shape index (κ3) is 3.93. The molecule has 4 atom stereocenters. The summed E-state index contributed by atoms with van der Waals surface area (Å²) in [6.07, 6.45) is -0.0265. The van der Waals surface area contributed by atoms with Crippen LogP contribution in [-0.4, -0.2) is 34.2 Å². The highest BCUT2D eigenvalue weighted by Gasteiger charge is 2.39. The molecule has 0 spiro atoms. The number of aliphatic hydroxyl groups is 1. The van der Waals surface area contributed by atoms with Gasteiger partial charge in [0.15, 0.2) is 0 Å². The molecular weight excluding hydrogens is 246 g/mol. The maximum absolute atomic E-state index is 11.7. The minimum Gasteiger partial charge on any atom is -0.481 e. The van der Waals surface area contributed by atoms with Crippen molar-refractivity contribution in [3.63, 3.8) is 0 Å². The van der Waals surface area contributed by atoms with E-state index >= 15 is 0 Å². The Labute approximate surface area is 114 Å². The maximum atomic E-state index is 11.7. The van der Waals surface area contributed by atoms with Crippen molar-refractivity contribution in [1.29, 1.82) is 0 Å². The summed E-state index contributed by atoms with van der Waals surface area (Å²) < 4.78 is 0. The Morgan fingerprint density at radius 2 is 1.95 bits per heavy atom. The number of carbonyl (C=O) groups excluding carboxylic acids is 1. The van der Waals surface area contributed by atoms with Crippen LogP contribution in [0.4, 0.5) is 0 Å². The van der Waals surface area contributed by atoms with Gasteiger partial charge in [-0.2, -0.15) is 0 Å². The first kappa shape index (κ1) is 16.0. The lowest BCUT2D eigenvalue weighted by molar-refractivity contribution is -0.144. The monoisotopic (exact) mass is 271 g/mol. The normalized spacial score (nSPS) is 26.6. The van der Waals surface area contributed by atoms with E-state index in [4.69, 9.17) is 5.11 Å². The zero-order chi connectivity index (χ0) is 14.7. The number of carbonyl (C=O) groups is 2. The second kappa shape index (κ2) is 6.37. The van der Waals surface area contributed by atoms with Gasteiger partial charge in [-0.25, -0.2) is 0 Å². The van der Waals surface area contributed by atoms with Gasteiger partial charge in [-0.3, -0.25) is 9.59 Å². The number of nitrogens with one attached hydrogen (secondary N) is 1. The Kier molecular flexibility index (Phi) is 5.35. The number of carboxylic acid groups (broad SMARTS) is 1. The van der Waals surface area contributed by atoms with E-state index in [1.807, 2.05) is 27.7 Å². The van der Waals surface area contributed by atoms with Crippen LogP contribution in [0.2, 0.25) is 0 Å². The van der Waals surface area contributed by atoms with Crippen molar-refractivity contribution in [2.75, 3.05) is 0 Å². The number of hydrogen-bond donors (Lipinski definition) is 3. The molecular formula is C14H25NO4. The molecule has 0 radical (unpaired) electrons. The van der Waals surface area contributed by atoms with Crippen LogP contribution < -0.4 is 5.32 Å². The lowest BCUT2D eigenvalue weighted by Gasteiger charge is -2.24. The van der Waals surface area contributed by atoms with Crippen molar-refractivity contribution in [3.05, 3.63) is 0 Å². The van der Waals surface area contributed by atoms with E-state index in [-0.39, 0.29) is 36.1 Å². The fraction of sp³-hybridized carbons (Fsp3) is 0.857. The molecule has 5 nitrogen and oxygen atoms in total. The van der Waals surface area contributed by atoms with Gasteiger partial charge >= 0.3 is 5.97 Å². The molecule has 0 bridgehead atoms. The number of amides is 1. The summed E-state index contributed by atoms with van der Waals surface area (Å²) in [6, 6.07) is -0.319. The van der Waals surface area contributed by atoms with Crippen LogP contribution in [0.15, 0.2) is 0 Å². The van der Waals surface area contributed by atoms with Crippen molar-refractivity contribution in [2.45, 2.75) is 52.7 Å². The predicted molar refractivity (Wildman–Crippen MR) is 71.5 cm³/mol. The molecule has 0 saturated carbocycles. The summed E-state index contributed by atoms with van der Waals surface area (Å²) in [5.74, 6) is -1.39. The van der Waals surface area contributed by atoms with Crippen molar-refractivity contribution in [3.8, 4) is 0 Å². The van der Waals surface area contributed by atoms with Gasteiger partial charge in [-0.1, -0.05) is 27.7 Å². The third-order valence-electron chi connectivity index (χ3n) is 4.06. The molecule has 110 valence electrons. The molecule has 1 aliphatic heterocycles. The Bertz CT molecular complexity index is 340. The van der Waals surface area contributed by atoms with Gasteiger partial charge in [0.1, 0.15) is 0 Å². The molecule has 1 saturated heterocycles. The van der Waals surface area contributed by atoms with E-state index in [0.29, 0.717) is 6.42 Å². The van der Waals surface area contributed by atoms with Gasteiger partial charge < -0.3 is 15.5 Å². The Hall–Kier alpha value is -1.10. The van der Waals surface area contributed by atoms with Crippen LogP contribution in [0.25, 0.3) is 0 Å². The predicted octanol–water partition coefficient (Wildman–Crippen LogP) is 1.25. The highest BCUT2D eigenvalue weighted by atomic mass is 16.4. The zero-order valence-electron chi connectivity index (χ0n) is 12.1. The number of aliphatic carboxylic acids is 1. The molecule has 0 aromatic carbocycles. The fourth-order valence-electron chi connectivity index (χ4n) is 2.64. The molecule has 0 aromatic rings. The summed E-state index contributed by atoms with van der Waals surface area (Å²) >= 11 is 0. The largest absolute Gasteiger partial charge is 0.481 e. The summed E-state index contributed by atoms with van der Waals surface area (Å²) in [4.78, 5) is 22.9. The van der Waals surface area contributed by atoms with Crippen molar-refractivity contribution >= 4 is 11.9 Å². The molecule has 1 aliphatic rings. The van der Waals surface area contributed by atoms with E-state index in [2.05, 4.69) is 5.32 Å². The Balaban J connectivity index is 2.62. The van der Waals surface area contributed by atoms with Crippen LogP contribution in [0.5, 0.6) is 0 Å². The zero-order valence-corrected chi connectivity index (χ0v) is 12.1. The van der Waals surface area contributed by atoms with Gasteiger partial charge in [0, 0.05) is 5.92 Å². The lowest BCUT2D eigenvalue weighted by Crippen LogP contribution is -2.39. The van der Waals surface area contributed by atoms with Crippen LogP contribution in [0.1, 0.15) is 40.5 Å². The first-order valence-electron chi connectivity index (χ1n) is 6.95. The first-order chi connectivity index (χ1) is 8.73. The van der Waals surface area contributed by atoms with Gasteiger partial charge in [-0.05, 0) is 24.7 Å². The van der Waals surface area contributed by atoms with Gasteiger partial charge in [0.25, 0.3) is 0 Å². The van der Waals surface area contributed by atoms with Gasteiger partial charge in [0.05, 0.1) is 18.1 Å². The minimum atomic E-state index is -0.890. The second-order valence-electron chi connectivity index (χ2n) is 6.19. The smallest absolute Gasteiger partial charge is 0.306 e. The van der Waals surface area contributed by atoms with Crippen molar-refractivity contribution < 1.29 is 19.8 Å². The number of aliphatic hydroxyl groups excluding tert-OH is 1. The number of hydrogen-bond acceptors (Lipinski definition) is 3. The average molecular weight is 271 g/mol. The van der Waals surface area contributed by atoms with E-state index in [9.17, 15) is 14.7 Å². The molecule has 3 N–H and O–H groups in total. The second-order valence-corrected chi connectivity index (χ2v) is 6.19. The minimum absolute atomic E-state index is 0.0320. The summed E-state index contributed by atoms with van der Waals surface area (Å²) in [6.45, 7) is 7.62. The average Bonchev–Trinajstić information content (AvgIpc) is 2.67. The lowest BCUT2D eigenvalue weighted by atomic mass is 9.86. The number of carboxylic acids is 1. The summed E-state index contributed by atoms with van der Waals surface area (Å²) in [5, 5.41) is 22.1. The van der Waals surface area contributed by atoms with E-state index < -0.39 is 18.0 Å². The summed E-state index contributed by atoms with van der Waals surface area (Å²) in [7, 11) is 0. The van der Waals surface area contributed by atoms with E-state index in [0.717, 1.165) is 0 Å².